The molecule has 1 heterocycles. The van der Waals surface area contributed by atoms with E-state index in [1.54, 1.807) is 4.90 Å². The van der Waals surface area contributed by atoms with Gasteiger partial charge in [-0.2, -0.15) is 0 Å². The number of likely N-dealkylation sites (N-methyl/N-ethyl adjacent to an activating group) is 1. The van der Waals surface area contributed by atoms with E-state index in [0.717, 1.165) is 6.20 Å². The van der Waals surface area contributed by atoms with Gasteiger partial charge in [0.2, 0.25) is 0 Å². The van der Waals surface area contributed by atoms with Gasteiger partial charge in [-0.1, -0.05) is 0 Å². The van der Waals surface area contributed by atoms with Gasteiger partial charge in [0.25, 0.3) is 0 Å². The van der Waals surface area contributed by atoms with Crippen LogP contribution in [0.2, 0.25) is 0 Å². The van der Waals surface area contributed by atoms with Crippen molar-refractivity contribution in [3.63, 3.8) is 0 Å². The van der Waals surface area contributed by atoms with Gasteiger partial charge in [-0.05, 0) is 13.0 Å². The Labute approximate surface area is 88.0 Å². The second-order valence-electron chi connectivity index (χ2n) is 3.10. The van der Waals surface area contributed by atoms with Gasteiger partial charge >= 0.3 is 0 Å². The van der Waals surface area contributed by atoms with Crippen molar-refractivity contribution in [2.45, 2.75) is 13.5 Å². The van der Waals surface area contributed by atoms with E-state index in [1.165, 1.54) is 6.07 Å². The lowest BCUT2D eigenvalue weighted by Crippen LogP contribution is -2.28. The second kappa shape index (κ2) is 5.63. The Hall–Kier alpha value is -1.20. The van der Waals surface area contributed by atoms with Gasteiger partial charge in [-0.25, -0.2) is 9.37 Å². The van der Waals surface area contributed by atoms with E-state index in [-0.39, 0.29) is 13.2 Å². The predicted octanol–water partition coefficient (Wildman–Crippen LogP) is 0.532. The molecule has 0 radical (unpaired) electrons. The van der Waals surface area contributed by atoms with Crippen molar-refractivity contribution >= 4 is 5.82 Å². The fraction of sp³-hybridized carbons (Fsp3) is 0.500. The summed E-state index contributed by atoms with van der Waals surface area (Å²) in [6.45, 7) is 2.70. The molecule has 0 saturated heterocycles. The van der Waals surface area contributed by atoms with E-state index in [2.05, 4.69) is 4.98 Å². The molecule has 1 aromatic heterocycles. The molecule has 0 spiro atoms. The SMILES string of the molecule is CCN(CCO)c1ncc(F)cc1CO. The second-order valence-corrected chi connectivity index (χ2v) is 3.10. The maximum atomic E-state index is 12.8. The first-order valence-corrected chi connectivity index (χ1v) is 4.84. The molecule has 1 aromatic rings. The molecule has 0 aliphatic rings. The van der Waals surface area contributed by atoms with Crippen molar-refractivity contribution in [3.05, 3.63) is 23.6 Å². The molecule has 0 unspecified atom stereocenters. The van der Waals surface area contributed by atoms with Crippen molar-refractivity contribution in [2.24, 2.45) is 0 Å². The number of hydrogen-bond donors (Lipinski definition) is 2. The molecule has 0 amide bonds. The monoisotopic (exact) mass is 214 g/mol. The van der Waals surface area contributed by atoms with Crippen LogP contribution in [0.25, 0.3) is 0 Å². The molecular weight excluding hydrogens is 199 g/mol. The van der Waals surface area contributed by atoms with Crippen molar-refractivity contribution in [3.8, 4) is 0 Å². The molecule has 0 aliphatic heterocycles. The number of aliphatic hydroxyl groups is 2. The van der Waals surface area contributed by atoms with Gasteiger partial charge in [0.1, 0.15) is 11.6 Å². The molecule has 0 bridgehead atoms. The summed E-state index contributed by atoms with van der Waals surface area (Å²) in [4.78, 5) is 5.70. The molecule has 4 nitrogen and oxygen atoms in total. The molecule has 5 heteroatoms. The van der Waals surface area contributed by atoms with Gasteiger partial charge < -0.3 is 15.1 Å². The average molecular weight is 214 g/mol. The Balaban J connectivity index is 2.99. The summed E-state index contributed by atoms with van der Waals surface area (Å²) in [5.74, 6) is 0.0540. The maximum Gasteiger partial charge on any atom is 0.142 e. The summed E-state index contributed by atoms with van der Waals surface area (Å²) >= 11 is 0. The summed E-state index contributed by atoms with van der Waals surface area (Å²) in [6, 6.07) is 1.25. The smallest absolute Gasteiger partial charge is 0.142 e. The van der Waals surface area contributed by atoms with E-state index >= 15 is 0 Å². The fourth-order valence-corrected chi connectivity index (χ4v) is 1.41. The predicted molar refractivity (Wildman–Crippen MR) is 55.1 cm³/mol. The van der Waals surface area contributed by atoms with Crippen molar-refractivity contribution in [1.82, 2.24) is 4.98 Å². The number of aromatic nitrogens is 1. The summed E-state index contributed by atoms with van der Waals surface area (Å²) < 4.78 is 12.8. The van der Waals surface area contributed by atoms with E-state index < -0.39 is 5.82 Å². The Morgan fingerprint density at radius 2 is 2.20 bits per heavy atom. The number of nitrogens with zero attached hydrogens (tertiary/aromatic N) is 2. The normalized spacial score (nSPS) is 10.4. The van der Waals surface area contributed by atoms with Crippen molar-refractivity contribution in [2.75, 3.05) is 24.6 Å². The lowest BCUT2D eigenvalue weighted by molar-refractivity contribution is 0.279. The number of anilines is 1. The molecule has 0 fully saturated rings. The zero-order chi connectivity index (χ0) is 11.3. The van der Waals surface area contributed by atoms with Crippen LogP contribution in [0, 0.1) is 5.82 Å². The van der Waals surface area contributed by atoms with Crippen LogP contribution >= 0.6 is 0 Å². The van der Waals surface area contributed by atoms with Crippen LogP contribution in [-0.4, -0.2) is 34.9 Å². The lowest BCUT2D eigenvalue weighted by atomic mass is 10.2. The quantitative estimate of drug-likeness (QED) is 0.750. The number of pyridine rings is 1. The molecule has 0 atom stereocenters. The highest BCUT2D eigenvalue weighted by Gasteiger charge is 2.11. The standard InChI is InChI=1S/C10H15FN2O2/c1-2-13(3-4-14)10-8(7-15)5-9(11)6-12-10/h5-6,14-15H,2-4,7H2,1H3. The molecule has 0 aromatic carbocycles. The Bertz CT molecular complexity index is 320. The minimum atomic E-state index is -0.470. The molecule has 1 rings (SSSR count). The van der Waals surface area contributed by atoms with Crippen LogP contribution in [0.15, 0.2) is 12.3 Å². The number of rotatable bonds is 5. The molecule has 0 saturated carbocycles. The summed E-state index contributed by atoms with van der Waals surface area (Å²) in [7, 11) is 0. The van der Waals surface area contributed by atoms with Crippen molar-refractivity contribution < 1.29 is 14.6 Å². The number of halogens is 1. The number of aliphatic hydroxyl groups excluding tert-OH is 2. The maximum absolute atomic E-state index is 12.8. The highest BCUT2D eigenvalue weighted by Crippen LogP contribution is 2.17. The van der Waals surface area contributed by atoms with E-state index in [9.17, 15) is 4.39 Å². The lowest BCUT2D eigenvalue weighted by Gasteiger charge is -2.22. The summed E-state index contributed by atoms with van der Waals surface area (Å²) in [5.41, 5.74) is 0.435. The van der Waals surface area contributed by atoms with Crippen LogP contribution in [0.3, 0.4) is 0 Å². The molecule has 15 heavy (non-hydrogen) atoms. The van der Waals surface area contributed by atoms with Crippen LogP contribution in [0.1, 0.15) is 12.5 Å². The largest absolute Gasteiger partial charge is 0.395 e. The van der Waals surface area contributed by atoms with E-state index in [0.29, 0.717) is 24.5 Å². The first kappa shape index (κ1) is 11.9. The van der Waals surface area contributed by atoms with Crippen LogP contribution in [0.4, 0.5) is 10.2 Å². The fourth-order valence-electron chi connectivity index (χ4n) is 1.41. The van der Waals surface area contributed by atoms with Gasteiger partial charge in [0, 0.05) is 18.7 Å². The molecule has 2 N–H and O–H groups in total. The first-order valence-electron chi connectivity index (χ1n) is 4.84. The topological polar surface area (TPSA) is 56.6 Å². The van der Waals surface area contributed by atoms with Gasteiger partial charge in [0.15, 0.2) is 0 Å². The van der Waals surface area contributed by atoms with Crippen molar-refractivity contribution in [1.29, 1.82) is 0 Å². The minimum Gasteiger partial charge on any atom is -0.395 e. The highest BCUT2D eigenvalue weighted by molar-refractivity contribution is 5.46. The van der Waals surface area contributed by atoms with E-state index in [1.807, 2.05) is 6.92 Å². The molecular formula is C10H15FN2O2. The first-order chi connectivity index (χ1) is 7.22. The zero-order valence-electron chi connectivity index (χ0n) is 8.65. The zero-order valence-corrected chi connectivity index (χ0v) is 8.65. The van der Waals surface area contributed by atoms with Gasteiger partial charge in [-0.3, -0.25) is 0 Å². The third-order valence-electron chi connectivity index (χ3n) is 2.13. The Morgan fingerprint density at radius 1 is 1.47 bits per heavy atom. The third-order valence-corrected chi connectivity index (χ3v) is 2.13. The Kier molecular flexibility index (Phi) is 4.45. The van der Waals surface area contributed by atoms with Crippen LogP contribution in [-0.2, 0) is 6.61 Å². The highest BCUT2D eigenvalue weighted by atomic mass is 19.1. The molecule has 0 aliphatic carbocycles. The minimum absolute atomic E-state index is 0.00222. The molecule has 84 valence electrons. The van der Waals surface area contributed by atoms with Gasteiger partial charge in [-0.15, -0.1) is 0 Å². The third kappa shape index (κ3) is 2.87. The van der Waals surface area contributed by atoms with Crippen LogP contribution < -0.4 is 4.90 Å². The number of hydrogen-bond acceptors (Lipinski definition) is 4. The average Bonchev–Trinajstić information content (AvgIpc) is 2.26. The summed E-state index contributed by atoms with van der Waals surface area (Å²) in [6.07, 6.45) is 1.11. The van der Waals surface area contributed by atoms with E-state index in [4.69, 9.17) is 10.2 Å². The Morgan fingerprint density at radius 3 is 2.73 bits per heavy atom. The summed E-state index contributed by atoms with van der Waals surface area (Å²) in [5, 5.41) is 17.9. The van der Waals surface area contributed by atoms with Crippen LogP contribution in [0.5, 0.6) is 0 Å². The van der Waals surface area contributed by atoms with Gasteiger partial charge in [0.05, 0.1) is 19.4 Å².